The lowest BCUT2D eigenvalue weighted by Gasteiger charge is -2.32. The number of rotatable bonds is 6. The average molecular weight is 626 g/mol. The van der Waals surface area contributed by atoms with Crippen LogP contribution in [0.2, 0.25) is 0 Å². The summed E-state index contributed by atoms with van der Waals surface area (Å²) in [6, 6.07) is 25.3. The molecule has 1 fully saturated rings. The quantitative estimate of drug-likeness (QED) is 0.171. The van der Waals surface area contributed by atoms with Crippen LogP contribution in [-0.4, -0.2) is 17.0 Å². The minimum absolute atomic E-state index is 0.193. The van der Waals surface area contributed by atoms with Crippen molar-refractivity contribution < 1.29 is 27.8 Å². The molecule has 4 aromatic rings. The fourth-order valence-electron chi connectivity index (χ4n) is 5.98. The van der Waals surface area contributed by atoms with Crippen molar-refractivity contribution in [3.63, 3.8) is 0 Å². The number of Topliss-reactive ketones (excluding diaryl/α,β-unsaturated/α-hetero) is 1. The minimum Gasteiger partial charge on any atom is -0.456 e. The predicted molar refractivity (Wildman–Crippen MR) is 180 cm³/mol. The summed E-state index contributed by atoms with van der Waals surface area (Å²) in [6.07, 6.45) is 13.0. The van der Waals surface area contributed by atoms with E-state index in [2.05, 4.69) is 13.0 Å². The third-order valence-corrected chi connectivity index (χ3v) is 8.60. The maximum Gasteiger partial charge on any atom is 0.361 e. The van der Waals surface area contributed by atoms with Gasteiger partial charge in [0.25, 0.3) is 0 Å². The molecule has 2 heterocycles. The highest BCUT2D eigenvalue weighted by Gasteiger charge is 2.43. The third-order valence-electron chi connectivity index (χ3n) is 8.60. The van der Waals surface area contributed by atoms with Crippen molar-refractivity contribution >= 4 is 29.0 Å². The minimum atomic E-state index is -1.03. The molecular weight excluding hydrogens is 594 g/mol. The summed E-state index contributed by atoms with van der Waals surface area (Å²) in [6.45, 7) is 2.12. The van der Waals surface area contributed by atoms with Crippen LogP contribution in [0.25, 0.3) is 34.5 Å². The molecule has 0 amide bonds. The Bertz CT molecular complexity index is 2030. The molecule has 3 unspecified atom stereocenters. The number of halogens is 2. The maximum absolute atomic E-state index is 13.7. The lowest BCUT2D eigenvalue weighted by molar-refractivity contribution is -0.127. The highest BCUT2D eigenvalue weighted by Crippen LogP contribution is 2.39. The van der Waals surface area contributed by atoms with Crippen molar-refractivity contribution in [1.82, 2.24) is 0 Å². The Morgan fingerprint density at radius 2 is 1.45 bits per heavy atom. The van der Waals surface area contributed by atoms with Gasteiger partial charge in [0.2, 0.25) is 0 Å². The first kappa shape index (κ1) is 30.2. The Balaban J connectivity index is 1.23. The summed E-state index contributed by atoms with van der Waals surface area (Å²) < 4.78 is 39.9. The van der Waals surface area contributed by atoms with Gasteiger partial charge in [-0.15, -0.1) is 0 Å². The third kappa shape index (κ3) is 6.33. The van der Waals surface area contributed by atoms with Crippen LogP contribution in [0.15, 0.2) is 143 Å². The van der Waals surface area contributed by atoms with Gasteiger partial charge in [0, 0.05) is 16.7 Å². The van der Waals surface area contributed by atoms with Crippen molar-refractivity contribution in [2.75, 3.05) is 0 Å². The second-order valence-electron chi connectivity index (χ2n) is 11.9. The van der Waals surface area contributed by atoms with Gasteiger partial charge in [-0.3, -0.25) is 4.79 Å². The number of hydrogen-bond acceptors (Lipinski definition) is 3. The fraction of sp³-hybridized carbons (Fsp3) is 0.122. The van der Waals surface area contributed by atoms with Crippen LogP contribution >= 0.6 is 0 Å². The largest absolute Gasteiger partial charge is 0.456 e. The number of allylic oxidation sites excluding steroid dienone is 7. The molecule has 1 aliphatic heterocycles. The second-order valence-corrected chi connectivity index (χ2v) is 11.9. The SMILES string of the molecule is CC1CC=CC=C1c1cc(/C=C2\C(=O)C(/C=C3/C=C(c4ccccc4)OC(c4ccc(F)cc4)=C3)C2O)cc(-c2ccc(F)cc2)[o+]1. The molecule has 47 heavy (non-hydrogen) atoms. The second kappa shape index (κ2) is 12.7. The van der Waals surface area contributed by atoms with E-state index in [-0.39, 0.29) is 23.3 Å². The summed E-state index contributed by atoms with van der Waals surface area (Å²) in [7, 11) is 0. The van der Waals surface area contributed by atoms with E-state index in [1.807, 2.05) is 54.6 Å². The van der Waals surface area contributed by atoms with Crippen LogP contribution in [0, 0.1) is 23.5 Å². The lowest BCUT2D eigenvalue weighted by atomic mass is 9.73. The van der Waals surface area contributed by atoms with Crippen molar-refractivity contribution in [2.45, 2.75) is 19.4 Å². The van der Waals surface area contributed by atoms with E-state index in [1.54, 1.807) is 48.6 Å². The number of ether oxygens (including phenoxy) is 1. The number of benzene rings is 3. The number of aliphatic hydroxyl groups excluding tert-OH is 1. The van der Waals surface area contributed by atoms with Crippen LogP contribution in [0.4, 0.5) is 8.78 Å². The monoisotopic (exact) mass is 625 g/mol. The first-order valence-electron chi connectivity index (χ1n) is 15.5. The standard InChI is InChI=1S/C41H31F2O4/c1-25-7-5-6-10-33(25)39-24-27(23-38(47-39)30-13-17-32(43)18-14-30)20-35-40(44)34(41(35)45)19-26-21-36(28-8-3-2-4-9-28)46-37(22-26)29-11-15-31(42)16-12-29/h2-6,8-25,34,40,44H,7H2,1H3/q+1/b26-19-,35-20-. The number of hydrogen-bond donors (Lipinski definition) is 1. The van der Waals surface area contributed by atoms with Crippen LogP contribution in [0.3, 0.4) is 0 Å². The molecule has 7 rings (SSSR count). The zero-order valence-electron chi connectivity index (χ0n) is 25.6. The highest BCUT2D eigenvalue weighted by atomic mass is 19.1. The van der Waals surface area contributed by atoms with E-state index in [9.17, 15) is 18.7 Å². The van der Waals surface area contributed by atoms with Gasteiger partial charge in [-0.05, 0) is 96.3 Å². The molecule has 1 saturated carbocycles. The Labute approximate surface area is 271 Å². The number of ketones is 1. The summed E-state index contributed by atoms with van der Waals surface area (Å²) in [5, 5.41) is 11.3. The van der Waals surface area contributed by atoms with Crippen molar-refractivity contribution in [2.24, 2.45) is 11.8 Å². The van der Waals surface area contributed by atoms with Crippen LogP contribution < -0.4 is 0 Å². The normalized spacial score (nSPS) is 22.3. The van der Waals surface area contributed by atoms with Crippen LogP contribution in [0.5, 0.6) is 0 Å². The molecule has 232 valence electrons. The Hall–Kier alpha value is -5.46. The van der Waals surface area contributed by atoms with Gasteiger partial charge >= 0.3 is 11.5 Å². The van der Waals surface area contributed by atoms with Gasteiger partial charge in [-0.1, -0.05) is 55.5 Å². The fourth-order valence-corrected chi connectivity index (χ4v) is 5.98. The summed E-state index contributed by atoms with van der Waals surface area (Å²) in [5.41, 5.74) is 4.91. The summed E-state index contributed by atoms with van der Waals surface area (Å²) in [4.78, 5) is 13.5. The number of carbonyl (C=O) groups is 1. The zero-order valence-corrected chi connectivity index (χ0v) is 25.6. The first-order chi connectivity index (χ1) is 22.8. The van der Waals surface area contributed by atoms with Crippen molar-refractivity contribution in [3.8, 4) is 11.3 Å². The van der Waals surface area contributed by atoms with Gasteiger partial charge in [0.1, 0.15) is 23.2 Å². The van der Waals surface area contributed by atoms with E-state index in [0.717, 1.165) is 17.6 Å². The smallest absolute Gasteiger partial charge is 0.361 e. The van der Waals surface area contributed by atoms with Gasteiger partial charge in [0.15, 0.2) is 5.78 Å². The zero-order chi connectivity index (χ0) is 32.5. The first-order valence-corrected chi connectivity index (χ1v) is 15.5. The Morgan fingerprint density at radius 3 is 2.09 bits per heavy atom. The molecule has 3 atom stereocenters. The van der Waals surface area contributed by atoms with E-state index in [4.69, 9.17) is 9.15 Å². The molecule has 0 radical (unpaired) electrons. The topological polar surface area (TPSA) is 57.8 Å². The van der Waals surface area contributed by atoms with Crippen molar-refractivity contribution in [3.05, 3.63) is 173 Å². The maximum atomic E-state index is 13.7. The molecule has 1 N–H and O–H groups in total. The predicted octanol–water partition coefficient (Wildman–Crippen LogP) is 9.47. The summed E-state index contributed by atoms with van der Waals surface area (Å²) >= 11 is 0. The van der Waals surface area contributed by atoms with Gasteiger partial charge in [-0.2, -0.15) is 0 Å². The lowest BCUT2D eigenvalue weighted by Crippen LogP contribution is -2.43. The summed E-state index contributed by atoms with van der Waals surface area (Å²) in [5.74, 6) is 0.819. The van der Waals surface area contributed by atoms with E-state index in [1.165, 1.54) is 24.3 Å². The van der Waals surface area contributed by atoms with Crippen LogP contribution in [0.1, 0.15) is 35.8 Å². The molecule has 0 spiro atoms. The molecule has 4 nitrogen and oxygen atoms in total. The van der Waals surface area contributed by atoms with E-state index in [0.29, 0.717) is 50.9 Å². The van der Waals surface area contributed by atoms with Gasteiger partial charge in [0.05, 0.1) is 35.3 Å². The Morgan fingerprint density at radius 1 is 0.830 bits per heavy atom. The average Bonchev–Trinajstić information content (AvgIpc) is 3.10. The van der Waals surface area contributed by atoms with E-state index >= 15 is 0 Å². The molecule has 0 bridgehead atoms. The van der Waals surface area contributed by atoms with Gasteiger partial charge < -0.3 is 9.84 Å². The number of carbonyl (C=O) groups excluding carboxylic acids is 1. The molecule has 0 saturated heterocycles. The molecular formula is C41H31F2O4+. The molecule has 1 aromatic heterocycles. The van der Waals surface area contributed by atoms with Crippen LogP contribution in [-0.2, 0) is 9.53 Å². The molecule has 2 aliphatic carbocycles. The molecule has 3 aromatic carbocycles. The molecule has 6 heteroatoms. The number of aliphatic hydroxyl groups is 1. The van der Waals surface area contributed by atoms with Crippen molar-refractivity contribution in [1.29, 1.82) is 0 Å². The Kier molecular flexibility index (Phi) is 8.19. The molecule has 3 aliphatic rings. The van der Waals surface area contributed by atoms with Gasteiger partial charge in [-0.25, -0.2) is 13.2 Å². The highest BCUT2D eigenvalue weighted by molar-refractivity contribution is 6.10. The van der Waals surface area contributed by atoms with E-state index < -0.39 is 12.0 Å².